The number of halogens is 3. The Balaban J connectivity index is 3.27. The van der Waals surface area contributed by atoms with E-state index in [1.807, 2.05) is 0 Å². The molecule has 0 aliphatic heterocycles. The molecule has 3 nitrogen and oxygen atoms in total. The van der Waals surface area contributed by atoms with Crippen molar-refractivity contribution in [2.75, 3.05) is 11.5 Å². The van der Waals surface area contributed by atoms with E-state index in [2.05, 4.69) is 20.9 Å². The molecule has 1 rings (SSSR count). The number of nitrogens with two attached hydrogens (primary N) is 2. The van der Waals surface area contributed by atoms with Gasteiger partial charge < -0.3 is 11.5 Å². The number of nitrogens with zero attached hydrogens (tertiary/aromatic N) is 1. The van der Waals surface area contributed by atoms with Gasteiger partial charge in [-0.25, -0.2) is 13.8 Å². The maximum Gasteiger partial charge on any atom is 0.267 e. The minimum Gasteiger partial charge on any atom is -0.397 e. The van der Waals surface area contributed by atoms with Crippen LogP contribution >= 0.6 is 15.9 Å². The van der Waals surface area contributed by atoms with E-state index in [9.17, 15) is 8.78 Å². The lowest BCUT2D eigenvalue weighted by molar-refractivity contribution is 0.152. The summed E-state index contributed by atoms with van der Waals surface area (Å²) in [6.45, 7) is 0. The molecule has 0 atom stereocenters. The van der Waals surface area contributed by atoms with Crippen molar-refractivity contribution in [2.45, 2.75) is 6.43 Å². The lowest BCUT2D eigenvalue weighted by Gasteiger charge is -2.06. The van der Waals surface area contributed by atoms with E-state index in [0.717, 1.165) is 6.20 Å². The fourth-order valence-corrected chi connectivity index (χ4v) is 1.04. The van der Waals surface area contributed by atoms with Crippen LogP contribution in [0.25, 0.3) is 0 Å². The third-order valence-corrected chi connectivity index (χ3v) is 2.18. The van der Waals surface area contributed by atoms with Crippen molar-refractivity contribution in [2.24, 2.45) is 0 Å². The highest BCUT2D eigenvalue weighted by Crippen LogP contribution is 2.32. The van der Waals surface area contributed by atoms with E-state index in [1.54, 1.807) is 0 Å². The molecule has 0 radical (unpaired) electrons. The van der Waals surface area contributed by atoms with Crippen LogP contribution in [0.2, 0.25) is 0 Å². The van der Waals surface area contributed by atoms with Crippen LogP contribution in [0, 0.1) is 0 Å². The van der Waals surface area contributed by atoms with E-state index in [1.165, 1.54) is 0 Å². The summed E-state index contributed by atoms with van der Waals surface area (Å²) in [7, 11) is 0. The van der Waals surface area contributed by atoms with Crippen molar-refractivity contribution in [3.8, 4) is 0 Å². The quantitative estimate of drug-likeness (QED) is 0.785. The van der Waals surface area contributed by atoms with Crippen LogP contribution in [0.1, 0.15) is 12.0 Å². The molecule has 0 saturated carbocycles. The van der Waals surface area contributed by atoms with Crippen LogP contribution < -0.4 is 11.5 Å². The zero-order chi connectivity index (χ0) is 9.30. The number of hydrogen-bond acceptors (Lipinski definition) is 3. The molecule has 1 aromatic heterocycles. The number of aromatic nitrogens is 1. The molecule has 0 aliphatic carbocycles. The molecule has 12 heavy (non-hydrogen) atoms. The minimum absolute atomic E-state index is 0.0579. The highest BCUT2D eigenvalue weighted by Gasteiger charge is 2.15. The zero-order valence-corrected chi connectivity index (χ0v) is 7.48. The average Bonchev–Trinajstić information content (AvgIpc) is 2.00. The predicted octanol–water partition coefficient (Wildman–Crippen LogP) is 1.95. The highest BCUT2D eigenvalue weighted by atomic mass is 79.9. The van der Waals surface area contributed by atoms with Gasteiger partial charge in [0.25, 0.3) is 6.43 Å². The van der Waals surface area contributed by atoms with Gasteiger partial charge in [-0.1, -0.05) is 0 Å². The summed E-state index contributed by atoms with van der Waals surface area (Å²) in [4.78, 5) is 3.53. The molecule has 0 spiro atoms. The first-order valence-corrected chi connectivity index (χ1v) is 3.80. The van der Waals surface area contributed by atoms with Crippen LogP contribution in [-0.2, 0) is 0 Å². The van der Waals surface area contributed by atoms with Crippen molar-refractivity contribution < 1.29 is 8.78 Å². The summed E-state index contributed by atoms with van der Waals surface area (Å²) >= 11 is 2.95. The smallest absolute Gasteiger partial charge is 0.267 e. The molecule has 1 aromatic rings. The molecule has 6 heteroatoms. The van der Waals surface area contributed by atoms with Gasteiger partial charge in [-0.15, -0.1) is 0 Å². The SMILES string of the molecule is Nc1ncc(C(F)F)c(N)c1Br. The number of alkyl halides is 2. The summed E-state index contributed by atoms with van der Waals surface area (Å²) in [6, 6.07) is 0. The second-order valence-corrected chi connectivity index (χ2v) is 2.92. The van der Waals surface area contributed by atoms with Crippen molar-refractivity contribution >= 4 is 27.4 Å². The van der Waals surface area contributed by atoms with Crippen LogP contribution in [0.4, 0.5) is 20.3 Å². The normalized spacial score (nSPS) is 10.7. The summed E-state index contributed by atoms with van der Waals surface area (Å²) < 4.78 is 24.5. The van der Waals surface area contributed by atoms with Gasteiger partial charge in [-0.3, -0.25) is 0 Å². The first kappa shape index (κ1) is 9.18. The van der Waals surface area contributed by atoms with E-state index < -0.39 is 6.43 Å². The first-order valence-electron chi connectivity index (χ1n) is 3.01. The van der Waals surface area contributed by atoms with Gasteiger partial charge in [0, 0.05) is 6.20 Å². The Hall–Kier alpha value is -0.910. The summed E-state index contributed by atoms with van der Waals surface area (Å²) in [6.07, 6.45) is -1.66. The minimum atomic E-state index is -2.63. The molecule has 1 heterocycles. The number of rotatable bonds is 1. The van der Waals surface area contributed by atoms with Gasteiger partial charge in [0.2, 0.25) is 0 Å². The van der Waals surface area contributed by atoms with Crippen molar-refractivity contribution in [3.63, 3.8) is 0 Å². The summed E-state index contributed by atoms with van der Waals surface area (Å²) in [5, 5.41) is 0. The van der Waals surface area contributed by atoms with E-state index >= 15 is 0 Å². The Labute approximate surface area is 75.9 Å². The molecule has 0 fully saturated rings. The van der Waals surface area contributed by atoms with E-state index in [4.69, 9.17) is 11.5 Å². The summed E-state index contributed by atoms with van der Waals surface area (Å²) in [5.41, 5.74) is 10.3. The Morgan fingerprint density at radius 2 is 2.00 bits per heavy atom. The molecule has 0 aliphatic rings. The van der Waals surface area contributed by atoms with Crippen LogP contribution in [0.5, 0.6) is 0 Å². The lowest BCUT2D eigenvalue weighted by Crippen LogP contribution is -2.01. The van der Waals surface area contributed by atoms with Crippen molar-refractivity contribution in [3.05, 3.63) is 16.2 Å². The predicted molar refractivity (Wildman–Crippen MR) is 45.7 cm³/mol. The Morgan fingerprint density at radius 3 is 2.50 bits per heavy atom. The molecule has 0 aromatic carbocycles. The van der Waals surface area contributed by atoms with Gasteiger partial charge in [-0.05, 0) is 15.9 Å². The molecular weight excluding hydrogens is 232 g/mol. The highest BCUT2D eigenvalue weighted by molar-refractivity contribution is 9.10. The zero-order valence-electron chi connectivity index (χ0n) is 5.89. The molecule has 0 amide bonds. The van der Waals surface area contributed by atoms with Crippen molar-refractivity contribution in [1.82, 2.24) is 4.98 Å². The van der Waals surface area contributed by atoms with Gasteiger partial charge in [0.1, 0.15) is 5.82 Å². The molecule has 0 unspecified atom stereocenters. The Morgan fingerprint density at radius 1 is 1.42 bits per heavy atom. The maximum atomic E-state index is 12.2. The number of nitrogen functional groups attached to an aromatic ring is 2. The third-order valence-electron chi connectivity index (χ3n) is 1.35. The fraction of sp³-hybridized carbons (Fsp3) is 0.167. The van der Waals surface area contributed by atoms with Gasteiger partial charge >= 0.3 is 0 Å². The maximum absolute atomic E-state index is 12.2. The van der Waals surface area contributed by atoms with E-state index in [-0.39, 0.29) is 21.5 Å². The Bertz CT molecular complexity index is 303. The van der Waals surface area contributed by atoms with Crippen molar-refractivity contribution in [1.29, 1.82) is 0 Å². The van der Waals surface area contributed by atoms with Crippen LogP contribution in [-0.4, -0.2) is 4.98 Å². The third kappa shape index (κ3) is 1.47. The average molecular weight is 238 g/mol. The largest absolute Gasteiger partial charge is 0.397 e. The molecule has 4 N–H and O–H groups in total. The standard InChI is InChI=1S/C6H6BrF2N3/c7-3-4(10)2(5(8)9)1-12-6(3)11/h1,5H,(H4,10,11,12). The second kappa shape index (κ2) is 3.22. The molecular formula is C6H6BrF2N3. The van der Waals surface area contributed by atoms with Crippen LogP contribution in [0.3, 0.4) is 0 Å². The molecule has 66 valence electrons. The topological polar surface area (TPSA) is 64.9 Å². The number of anilines is 2. The van der Waals surface area contributed by atoms with Gasteiger partial charge in [0.05, 0.1) is 15.7 Å². The first-order chi connectivity index (χ1) is 5.54. The molecule has 0 saturated heterocycles. The lowest BCUT2D eigenvalue weighted by atomic mass is 10.2. The van der Waals surface area contributed by atoms with Gasteiger partial charge in [-0.2, -0.15) is 0 Å². The monoisotopic (exact) mass is 237 g/mol. The second-order valence-electron chi connectivity index (χ2n) is 2.13. The fourth-order valence-electron chi connectivity index (χ4n) is 0.704. The Kier molecular flexibility index (Phi) is 2.46. The van der Waals surface area contributed by atoms with E-state index in [0.29, 0.717) is 0 Å². The van der Waals surface area contributed by atoms with Gasteiger partial charge in [0.15, 0.2) is 0 Å². The molecule has 0 bridgehead atoms. The number of hydrogen-bond donors (Lipinski definition) is 2. The van der Waals surface area contributed by atoms with Crippen LogP contribution in [0.15, 0.2) is 10.7 Å². The summed E-state index contributed by atoms with van der Waals surface area (Å²) in [5.74, 6) is 0.108. The number of pyridine rings is 1.